The monoisotopic (exact) mass is 289 g/mol. The third kappa shape index (κ3) is 5.29. The lowest BCUT2D eigenvalue weighted by molar-refractivity contribution is 0.264. The second kappa shape index (κ2) is 8.55. The quantitative estimate of drug-likeness (QED) is 0.514. The molecular formula is C17H27N3O. The van der Waals surface area contributed by atoms with Crippen LogP contribution in [0.2, 0.25) is 0 Å². The van der Waals surface area contributed by atoms with Crippen LogP contribution in [0, 0.1) is 5.92 Å². The molecule has 1 fully saturated rings. The lowest BCUT2D eigenvalue weighted by Gasteiger charge is -2.33. The number of aliphatic imine (C=N–C) groups is 1. The third-order valence-corrected chi connectivity index (χ3v) is 3.66. The molecule has 116 valence electrons. The fourth-order valence-corrected chi connectivity index (χ4v) is 2.64. The zero-order chi connectivity index (χ0) is 14.9. The van der Waals surface area contributed by atoms with Crippen molar-refractivity contribution in [3.63, 3.8) is 0 Å². The molecule has 4 nitrogen and oxygen atoms in total. The second-order valence-corrected chi connectivity index (χ2v) is 5.59. The molecular weight excluding hydrogens is 262 g/mol. The van der Waals surface area contributed by atoms with Crippen LogP contribution in [-0.2, 0) is 0 Å². The average molecular weight is 289 g/mol. The lowest BCUT2D eigenvalue weighted by Crippen LogP contribution is -2.46. The molecule has 1 unspecified atom stereocenters. The second-order valence-electron chi connectivity index (χ2n) is 5.59. The lowest BCUT2D eigenvalue weighted by atomic mass is 10.0. The van der Waals surface area contributed by atoms with Gasteiger partial charge in [0.1, 0.15) is 12.4 Å². The number of likely N-dealkylation sites (tertiary alicyclic amines) is 1. The molecule has 1 aromatic rings. The van der Waals surface area contributed by atoms with Crippen LogP contribution in [0.3, 0.4) is 0 Å². The SMILES string of the molecule is CCNC(=NCCOc1ccccc1)N1CCCC(C)C1. The Kier molecular flexibility index (Phi) is 6.38. The van der Waals surface area contributed by atoms with E-state index in [1.807, 2.05) is 30.3 Å². The van der Waals surface area contributed by atoms with E-state index >= 15 is 0 Å². The van der Waals surface area contributed by atoms with Crippen molar-refractivity contribution in [3.05, 3.63) is 30.3 Å². The first-order valence-corrected chi connectivity index (χ1v) is 8.00. The Labute approximate surface area is 128 Å². The largest absolute Gasteiger partial charge is 0.492 e. The first kappa shape index (κ1) is 15.7. The zero-order valence-corrected chi connectivity index (χ0v) is 13.2. The summed E-state index contributed by atoms with van der Waals surface area (Å²) in [7, 11) is 0. The van der Waals surface area contributed by atoms with Crippen LogP contribution in [0.1, 0.15) is 26.7 Å². The van der Waals surface area contributed by atoms with Crippen molar-refractivity contribution in [2.45, 2.75) is 26.7 Å². The number of benzene rings is 1. The summed E-state index contributed by atoms with van der Waals surface area (Å²) in [5.74, 6) is 2.69. The van der Waals surface area contributed by atoms with E-state index in [-0.39, 0.29) is 0 Å². The predicted molar refractivity (Wildman–Crippen MR) is 87.9 cm³/mol. The van der Waals surface area contributed by atoms with E-state index < -0.39 is 0 Å². The van der Waals surface area contributed by atoms with E-state index in [1.54, 1.807) is 0 Å². The smallest absolute Gasteiger partial charge is 0.194 e. The number of ether oxygens (including phenoxy) is 1. The Morgan fingerprint density at radius 2 is 2.19 bits per heavy atom. The van der Waals surface area contributed by atoms with Crippen LogP contribution in [0.15, 0.2) is 35.3 Å². The molecule has 0 radical (unpaired) electrons. The summed E-state index contributed by atoms with van der Waals surface area (Å²) in [5.41, 5.74) is 0. The van der Waals surface area contributed by atoms with E-state index in [0.717, 1.165) is 37.3 Å². The molecule has 0 saturated carbocycles. The Balaban J connectivity index is 1.82. The molecule has 1 saturated heterocycles. The number of rotatable bonds is 5. The summed E-state index contributed by atoms with van der Waals surface area (Å²) >= 11 is 0. The van der Waals surface area contributed by atoms with Gasteiger partial charge in [-0.25, -0.2) is 4.99 Å². The molecule has 0 amide bonds. The van der Waals surface area contributed by atoms with Gasteiger partial charge in [-0.2, -0.15) is 0 Å². The van der Waals surface area contributed by atoms with Gasteiger partial charge < -0.3 is 15.0 Å². The van der Waals surface area contributed by atoms with E-state index in [9.17, 15) is 0 Å². The van der Waals surface area contributed by atoms with Gasteiger partial charge in [0.25, 0.3) is 0 Å². The summed E-state index contributed by atoms with van der Waals surface area (Å²) < 4.78 is 5.69. The summed E-state index contributed by atoms with van der Waals surface area (Å²) in [4.78, 5) is 7.07. The fourth-order valence-electron chi connectivity index (χ4n) is 2.64. The Hall–Kier alpha value is -1.71. The molecule has 21 heavy (non-hydrogen) atoms. The highest BCUT2D eigenvalue weighted by atomic mass is 16.5. The van der Waals surface area contributed by atoms with Gasteiger partial charge in [-0.15, -0.1) is 0 Å². The first-order chi connectivity index (χ1) is 10.3. The van der Waals surface area contributed by atoms with Gasteiger partial charge in [0.2, 0.25) is 0 Å². The minimum absolute atomic E-state index is 0.613. The molecule has 2 rings (SSSR count). The van der Waals surface area contributed by atoms with E-state index in [2.05, 4.69) is 24.1 Å². The highest BCUT2D eigenvalue weighted by Crippen LogP contribution is 2.15. The third-order valence-electron chi connectivity index (χ3n) is 3.66. The molecule has 1 atom stereocenters. The van der Waals surface area contributed by atoms with Crippen LogP contribution in [0.25, 0.3) is 0 Å². The molecule has 1 aromatic carbocycles. The van der Waals surface area contributed by atoms with Crippen LogP contribution in [-0.4, -0.2) is 43.6 Å². The summed E-state index contributed by atoms with van der Waals surface area (Å²) in [5, 5.41) is 3.39. The van der Waals surface area contributed by atoms with E-state index in [0.29, 0.717) is 13.2 Å². The summed E-state index contributed by atoms with van der Waals surface area (Å²) in [6, 6.07) is 9.91. The highest BCUT2D eigenvalue weighted by molar-refractivity contribution is 5.80. The predicted octanol–water partition coefficient (Wildman–Crippen LogP) is 2.76. The number of nitrogens with zero attached hydrogens (tertiary/aromatic N) is 2. The number of nitrogens with one attached hydrogen (secondary N) is 1. The van der Waals surface area contributed by atoms with Crippen molar-refractivity contribution >= 4 is 5.96 Å². The van der Waals surface area contributed by atoms with Crippen molar-refractivity contribution in [2.24, 2.45) is 10.9 Å². The van der Waals surface area contributed by atoms with Gasteiger partial charge in [-0.3, -0.25) is 0 Å². The number of hydrogen-bond donors (Lipinski definition) is 1. The number of piperidine rings is 1. The zero-order valence-electron chi connectivity index (χ0n) is 13.2. The highest BCUT2D eigenvalue weighted by Gasteiger charge is 2.18. The van der Waals surface area contributed by atoms with Crippen LogP contribution >= 0.6 is 0 Å². The first-order valence-electron chi connectivity index (χ1n) is 8.00. The maximum Gasteiger partial charge on any atom is 0.194 e. The van der Waals surface area contributed by atoms with Crippen molar-refractivity contribution in [1.82, 2.24) is 10.2 Å². The Morgan fingerprint density at radius 3 is 2.90 bits per heavy atom. The molecule has 0 aliphatic carbocycles. The molecule has 1 aliphatic heterocycles. The van der Waals surface area contributed by atoms with Crippen LogP contribution in [0.5, 0.6) is 5.75 Å². The number of para-hydroxylation sites is 1. The average Bonchev–Trinajstić information content (AvgIpc) is 2.51. The van der Waals surface area contributed by atoms with Gasteiger partial charge in [0, 0.05) is 19.6 Å². The molecule has 0 aromatic heterocycles. The van der Waals surface area contributed by atoms with Gasteiger partial charge in [0.15, 0.2) is 5.96 Å². The van der Waals surface area contributed by atoms with E-state index in [4.69, 9.17) is 9.73 Å². The normalized spacial score (nSPS) is 19.4. The molecule has 0 spiro atoms. The minimum atomic E-state index is 0.613. The van der Waals surface area contributed by atoms with Gasteiger partial charge in [-0.1, -0.05) is 25.1 Å². The number of hydrogen-bond acceptors (Lipinski definition) is 2. The topological polar surface area (TPSA) is 36.9 Å². The van der Waals surface area contributed by atoms with Crippen molar-refractivity contribution in [2.75, 3.05) is 32.8 Å². The van der Waals surface area contributed by atoms with Gasteiger partial charge in [0.05, 0.1) is 6.54 Å². The van der Waals surface area contributed by atoms with Crippen molar-refractivity contribution in [3.8, 4) is 5.75 Å². The maximum atomic E-state index is 5.69. The fraction of sp³-hybridized carbons (Fsp3) is 0.588. The molecule has 1 heterocycles. The Morgan fingerprint density at radius 1 is 1.38 bits per heavy atom. The summed E-state index contributed by atoms with van der Waals surface area (Å²) in [6.07, 6.45) is 2.58. The Bertz CT molecular complexity index is 433. The molecule has 1 aliphatic rings. The van der Waals surface area contributed by atoms with Crippen LogP contribution < -0.4 is 10.1 Å². The van der Waals surface area contributed by atoms with Gasteiger partial charge in [-0.05, 0) is 37.8 Å². The molecule has 0 bridgehead atoms. The number of guanidine groups is 1. The molecule has 4 heteroatoms. The standard InChI is InChI=1S/C17H27N3O/c1-3-18-17(20-12-7-8-15(2)14-20)19-11-13-21-16-9-5-4-6-10-16/h4-6,9-10,15H,3,7-8,11-14H2,1-2H3,(H,18,19). The maximum absolute atomic E-state index is 5.69. The van der Waals surface area contributed by atoms with Crippen molar-refractivity contribution in [1.29, 1.82) is 0 Å². The minimum Gasteiger partial charge on any atom is -0.492 e. The van der Waals surface area contributed by atoms with Gasteiger partial charge >= 0.3 is 0 Å². The van der Waals surface area contributed by atoms with Crippen LogP contribution in [0.4, 0.5) is 0 Å². The van der Waals surface area contributed by atoms with Crippen molar-refractivity contribution < 1.29 is 4.74 Å². The summed E-state index contributed by atoms with van der Waals surface area (Å²) in [6.45, 7) is 8.84. The van der Waals surface area contributed by atoms with E-state index in [1.165, 1.54) is 12.8 Å². The molecule has 1 N–H and O–H groups in total.